The van der Waals surface area contributed by atoms with Crippen molar-refractivity contribution in [2.45, 2.75) is 62.6 Å². The lowest BCUT2D eigenvalue weighted by atomic mass is 9.72. The average molecular weight is 396 g/mol. The SMILES string of the molecule is COC1CCC(NC(=O)[C@@H]2C[C@@H]3c4cccc5c4c(cn5C)C[C@H]3N(C)C2)CC1. The van der Waals surface area contributed by atoms with Gasteiger partial charge >= 0.3 is 0 Å². The molecule has 2 heterocycles. The van der Waals surface area contributed by atoms with Gasteiger partial charge in [0.05, 0.1) is 12.0 Å². The quantitative estimate of drug-likeness (QED) is 0.868. The van der Waals surface area contributed by atoms with E-state index in [1.807, 2.05) is 0 Å². The number of likely N-dealkylation sites (N-methyl/N-ethyl adjacent to an activating group) is 1. The summed E-state index contributed by atoms with van der Waals surface area (Å²) in [6.45, 7) is 0.860. The van der Waals surface area contributed by atoms with Gasteiger partial charge in [-0.2, -0.15) is 0 Å². The number of hydrogen-bond donors (Lipinski definition) is 1. The van der Waals surface area contributed by atoms with E-state index >= 15 is 0 Å². The van der Waals surface area contributed by atoms with Crippen LogP contribution in [-0.2, 0) is 23.0 Å². The first kappa shape index (κ1) is 19.1. The Morgan fingerprint density at radius 2 is 1.97 bits per heavy atom. The molecule has 5 rings (SSSR count). The number of likely N-dealkylation sites (tertiary alicyclic amines) is 1. The Kier molecular flexibility index (Phi) is 4.91. The van der Waals surface area contributed by atoms with Crippen LogP contribution >= 0.6 is 0 Å². The maximum atomic E-state index is 13.2. The average Bonchev–Trinajstić information content (AvgIpc) is 3.06. The van der Waals surface area contributed by atoms with Gasteiger partial charge in [0.2, 0.25) is 5.91 Å². The number of nitrogens with one attached hydrogen (secondary N) is 1. The van der Waals surface area contributed by atoms with E-state index in [0.717, 1.165) is 45.1 Å². The molecule has 0 radical (unpaired) electrons. The fourth-order valence-corrected chi connectivity index (χ4v) is 6.17. The number of aryl methyl sites for hydroxylation is 1. The Morgan fingerprint density at radius 1 is 1.17 bits per heavy atom. The summed E-state index contributed by atoms with van der Waals surface area (Å²) >= 11 is 0. The van der Waals surface area contributed by atoms with Gasteiger partial charge in [0, 0.05) is 55.8 Å². The molecule has 1 aromatic carbocycles. The standard InChI is InChI=1S/C24H33N3O2/c1-26-13-15-12-22-20(19-5-4-6-21(26)23(15)19)11-16(14-27(22)2)24(28)25-17-7-9-18(29-3)10-8-17/h4-6,13,16-18,20,22H,7-12,14H2,1-3H3,(H,25,28)/t16-,17?,18?,20-,22-/m1/s1. The van der Waals surface area contributed by atoms with Crippen LogP contribution in [0.4, 0.5) is 0 Å². The number of methoxy groups -OCH3 is 1. The first-order chi connectivity index (χ1) is 14.0. The van der Waals surface area contributed by atoms with Crippen LogP contribution in [0.15, 0.2) is 24.4 Å². The molecule has 1 aromatic heterocycles. The summed E-state index contributed by atoms with van der Waals surface area (Å²) in [6, 6.07) is 7.50. The highest BCUT2D eigenvalue weighted by Crippen LogP contribution is 2.44. The van der Waals surface area contributed by atoms with Crippen molar-refractivity contribution in [2.75, 3.05) is 20.7 Å². The molecule has 1 saturated carbocycles. The van der Waals surface area contributed by atoms with E-state index in [4.69, 9.17) is 4.74 Å². The molecule has 5 nitrogen and oxygen atoms in total. The molecule has 2 fully saturated rings. The molecule has 1 N–H and O–H groups in total. The number of aromatic nitrogens is 1. The maximum Gasteiger partial charge on any atom is 0.224 e. The first-order valence-corrected chi connectivity index (χ1v) is 11.2. The summed E-state index contributed by atoms with van der Waals surface area (Å²) in [4.78, 5) is 15.6. The molecule has 0 unspecified atom stereocenters. The summed E-state index contributed by atoms with van der Waals surface area (Å²) in [6.07, 6.45) is 8.88. The predicted molar refractivity (Wildman–Crippen MR) is 115 cm³/mol. The second kappa shape index (κ2) is 7.44. The highest BCUT2D eigenvalue weighted by atomic mass is 16.5. The van der Waals surface area contributed by atoms with E-state index in [0.29, 0.717) is 24.1 Å². The minimum Gasteiger partial charge on any atom is -0.381 e. The van der Waals surface area contributed by atoms with Gasteiger partial charge in [0.15, 0.2) is 0 Å². The number of amides is 1. The Balaban J connectivity index is 1.34. The normalized spacial score (nSPS) is 32.2. The predicted octanol–water partition coefficient (Wildman–Crippen LogP) is 3.21. The zero-order valence-corrected chi connectivity index (χ0v) is 17.9. The van der Waals surface area contributed by atoms with E-state index in [2.05, 4.69) is 53.3 Å². The lowest BCUT2D eigenvalue weighted by molar-refractivity contribution is -0.128. The Hall–Kier alpha value is -1.85. The van der Waals surface area contributed by atoms with Crippen molar-refractivity contribution < 1.29 is 9.53 Å². The number of rotatable bonds is 3. The Morgan fingerprint density at radius 3 is 2.72 bits per heavy atom. The van der Waals surface area contributed by atoms with E-state index in [1.54, 1.807) is 7.11 Å². The van der Waals surface area contributed by atoms with Crippen LogP contribution < -0.4 is 5.32 Å². The van der Waals surface area contributed by atoms with Crippen molar-refractivity contribution in [1.82, 2.24) is 14.8 Å². The maximum absolute atomic E-state index is 13.2. The van der Waals surface area contributed by atoms with Crippen molar-refractivity contribution in [2.24, 2.45) is 13.0 Å². The van der Waals surface area contributed by atoms with E-state index in [-0.39, 0.29) is 11.8 Å². The van der Waals surface area contributed by atoms with Crippen LogP contribution in [-0.4, -0.2) is 54.3 Å². The summed E-state index contributed by atoms with van der Waals surface area (Å²) in [5.74, 6) is 0.761. The number of carbonyl (C=O) groups is 1. The first-order valence-electron chi connectivity index (χ1n) is 11.2. The number of ether oxygens (including phenoxy) is 1. The fourth-order valence-electron chi connectivity index (χ4n) is 6.17. The number of carbonyl (C=O) groups excluding carboxylic acids is 1. The zero-order chi connectivity index (χ0) is 20.1. The molecule has 2 aliphatic carbocycles. The third kappa shape index (κ3) is 3.28. The van der Waals surface area contributed by atoms with E-state index in [9.17, 15) is 4.79 Å². The monoisotopic (exact) mass is 395 g/mol. The number of hydrogen-bond acceptors (Lipinski definition) is 3. The lowest BCUT2D eigenvalue weighted by Crippen LogP contribution is -2.52. The topological polar surface area (TPSA) is 46.5 Å². The molecule has 3 atom stereocenters. The van der Waals surface area contributed by atoms with E-state index in [1.165, 1.54) is 22.0 Å². The van der Waals surface area contributed by atoms with Gasteiger partial charge in [-0.1, -0.05) is 12.1 Å². The van der Waals surface area contributed by atoms with Gasteiger partial charge in [0.1, 0.15) is 0 Å². The molecular formula is C24H33N3O2. The largest absolute Gasteiger partial charge is 0.381 e. The third-order valence-corrected chi connectivity index (χ3v) is 7.76. The molecule has 0 bridgehead atoms. The van der Waals surface area contributed by atoms with Crippen molar-refractivity contribution in [3.05, 3.63) is 35.5 Å². The highest BCUT2D eigenvalue weighted by Gasteiger charge is 2.42. The molecule has 0 spiro atoms. The molecule has 29 heavy (non-hydrogen) atoms. The number of piperidine rings is 1. The summed E-state index contributed by atoms with van der Waals surface area (Å²) < 4.78 is 7.73. The van der Waals surface area contributed by atoms with Crippen molar-refractivity contribution in [3.8, 4) is 0 Å². The Bertz CT molecular complexity index is 912. The molecule has 3 aliphatic rings. The number of nitrogens with zero attached hydrogens (tertiary/aromatic N) is 2. The van der Waals surface area contributed by atoms with Gasteiger partial charge < -0.3 is 19.5 Å². The van der Waals surface area contributed by atoms with Crippen molar-refractivity contribution in [1.29, 1.82) is 0 Å². The van der Waals surface area contributed by atoms with Crippen molar-refractivity contribution >= 4 is 16.8 Å². The third-order valence-electron chi connectivity index (χ3n) is 7.76. The molecule has 2 aromatic rings. The van der Waals surface area contributed by atoms with Gasteiger partial charge in [-0.25, -0.2) is 0 Å². The van der Waals surface area contributed by atoms with Gasteiger partial charge in [-0.15, -0.1) is 0 Å². The van der Waals surface area contributed by atoms with Crippen LogP contribution in [0.3, 0.4) is 0 Å². The minimum absolute atomic E-state index is 0.0712. The van der Waals surface area contributed by atoms with Crippen LogP contribution in [0.2, 0.25) is 0 Å². The summed E-state index contributed by atoms with van der Waals surface area (Å²) in [7, 11) is 6.14. The van der Waals surface area contributed by atoms with Gasteiger partial charge in [-0.05, 0) is 62.8 Å². The summed E-state index contributed by atoms with van der Waals surface area (Å²) in [5.41, 5.74) is 4.23. The molecule has 156 valence electrons. The van der Waals surface area contributed by atoms with Gasteiger partial charge in [-0.3, -0.25) is 4.79 Å². The van der Waals surface area contributed by atoms with Crippen LogP contribution in [0.5, 0.6) is 0 Å². The fraction of sp³-hybridized carbons (Fsp3) is 0.625. The molecule has 5 heteroatoms. The van der Waals surface area contributed by atoms with Crippen LogP contribution in [0.1, 0.15) is 49.1 Å². The molecule has 1 saturated heterocycles. The second-order valence-electron chi connectivity index (χ2n) is 9.47. The zero-order valence-electron chi connectivity index (χ0n) is 17.9. The van der Waals surface area contributed by atoms with E-state index < -0.39 is 0 Å². The number of fused-ring (bicyclic) bond motifs is 2. The molecule has 1 amide bonds. The Labute approximate surface area is 173 Å². The van der Waals surface area contributed by atoms with Crippen molar-refractivity contribution in [3.63, 3.8) is 0 Å². The number of benzene rings is 1. The molecular weight excluding hydrogens is 362 g/mol. The lowest BCUT2D eigenvalue weighted by Gasteiger charge is -2.45. The highest BCUT2D eigenvalue weighted by molar-refractivity contribution is 5.89. The minimum atomic E-state index is 0.0712. The van der Waals surface area contributed by atoms with Crippen LogP contribution in [0, 0.1) is 5.92 Å². The molecule has 1 aliphatic heterocycles. The van der Waals surface area contributed by atoms with Gasteiger partial charge in [0.25, 0.3) is 0 Å². The second-order valence-corrected chi connectivity index (χ2v) is 9.47. The smallest absolute Gasteiger partial charge is 0.224 e. The van der Waals surface area contributed by atoms with Crippen LogP contribution in [0.25, 0.3) is 10.9 Å². The summed E-state index contributed by atoms with van der Waals surface area (Å²) in [5, 5.41) is 4.81.